The molecule has 0 spiro atoms. The van der Waals surface area contributed by atoms with E-state index in [1.165, 1.54) is 6.42 Å². The van der Waals surface area contributed by atoms with Gasteiger partial charge in [0.2, 0.25) is 0 Å². The van der Waals surface area contributed by atoms with Crippen LogP contribution in [-0.4, -0.2) is 12.6 Å². The van der Waals surface area contributed by atoms with E-state index >= 15 is 0 Å². The Morgan fingerprint density at radius 2 is 2.50 bits per heavy atom. The minimum Gasteiger partial charge on any atom is -0.306 e. The first-order valence-corrected chi connectivity index (χ1v) is 3.96. The average molecular weight is 135 g/mol. The fourth-order valence-electron chi connectivity index (χ4n) is 1.76. The summed E-state index contributed by atoms with van der Waals surface area (Å²) in [4.78, 5) is 0. The summed E-state index contributed by atoms with van der Waals surface area (Å²) in [5.41, 5.74) is 1.55. The zero-order chi connectivity index (χ0) is 6.97. The molecule has 0 aromatic rings. The molecule has 1 fully saturated rings. The summed E-state index contributed by atoms with van der Waals surface area (Å²) >= 11 is 0. The number of fused-ring (bicyclic) bond motifs is 3. The fourth-order valence-corrected chi connectivity index (χ4v) is 1.76. The average Bonchev–Trinajstić information content (AvgIpc) is 2.20. The van der Waals surface area contributed by atoms with E-state index < -0.39 is 0 Å². The van der Waals surface area contributed by atoms with Crippen LogP contribution in [0.3, 0.4) is 0 Å². The van der Waals surface area contributed by atoms with E-state index in [4.69, 9.17) is 0 Å². The first kappa shape index (κ1) is 6.17. The predicted octanol–water partition coefficient (Wildman–Crippen LogP) is 1.48. The molecule has 1 nitrogen and oxygen atoms in total. The monoisotopic (exact) mass is 135 g/mol. The Morgan fingerprint density at radius 3 is 3.30 bits per heavy atom. The van der Waals surface area contributed by atoms with E-state index in [2.05, 4.69) is 30.5 Å². The molecule has 54 valence electrons. The Kier molecular flexibility index (Phi) is 1.38. The lowest BCUT2D eigenvalue weighted by Gasteiger charge is -2.27. The van der Waals surface area contributed by atoms with Crippen molar-refractivity contribution in [3.63, 3.8) is 0 Å². The maximum absolute atomic E-state index is 3.48. The van der Waals surface area contributed by atoms with Crippen LogP contribution in [0, 0.1) is 5.92 Å². The van der Waals surface area contributed by atoms with Gasteiger partial charge in [-0.3, -0.25) is 0 Å². The topological polar surface area (TPSA) is 12.0 Å². The van der Waals surface area contributed by atoms with Gasteiger partial charge in [-0.05, 0) is 12.3 Å². The molecular formula is C9H13N. The van der Waals surface area contributed by atoms with E-state index in [0.717, 1.165) is 12.5 Å². The molecule has 1 aliphatic carbocycles. The highest BCUT2D eigenvalue weighted by molar-refractivity contribution is 5.24. The van der Waals surface area contributed by atoms with E-state index in [-0.39, 0.29) is 0 Å². The van der Waals surface area contributed by atoms with Crippen molar-refractivity contribution < 1.29 is 0 Å². The molecule has 2 atom stereocenters. The van der Waals surface area contributed by atoms with Gasteiger partial charge < -0.3 is 5.32 Å². The molecule has 1 unspecified atom stereocenters. The van der Waals surface area contributed by atoms with Crippen molar-refractivity contribution in [2.75, 3.05) is 6.54 Å². The van der Waals surface area contributed by atoms with Gasteiger partial charge in [-0.25, -0.2) is 0 Å². The van der Waals surface area contributed by atoms with E-state index in [1.807, 2.05) is 0 Å². The molecule has 1 N–H and O–H groups in total. The van der Waals surface area contributed by atoms with Crippen molar-refractivity contribution in [1.29, 1.82) is 0 Å². The molecule has 0 aromatic heterocycles. The summed E-state index contributed by atoms with van der Waals surface area (Å²) in [7, 11) is 0. The quantitative estimate of drug-likeness (QED) is 0.530. The van der Waals surface area contributed by atoms with Gasteiger partial charge in [0.25, 0.3) is 0 Å². The normalized spacial score (nSPS) is 37.5. The van der Waals surface area contributed by atoms with Crippen LogP contribution < -0.4 is 5.32 Å². The summed E-state index contributed by atoms with van der Waals surface area (Å²) in [5.74, 6) is 0.791. The molecule has 1 heteroatoms. The third-order valence-corrected chi connectivity index (χ3v) is 2.41. The minimum atomic E-state index is 0.627. The Bertz CT molecular complexity index is 191. The number of nitrogens with one attached hydrogen (secondary N) is 1. The predicted molar refractivity (Wildman–Crippen MR) is 42.8 cm³/mol. The van der Waals surface area contributed by atoms with Crippen LogP contribution >= 0.6 is 0 Å². The second-order valence-corrected chi connectivity index (χ2v) is 3.30. The van der Waals surface area contributed by atoms with Gasteiger partial charge in [0, 0.05) is 12.6 Å². The van der Waals surface area contributed by atoms with Gasteiger partial charge in [-0.2, -0.15) is 0 Å². The van der Waals surface area contributed by atoms with Crippen molar-refractivity contribution in [1.82, 2.24) is 5.32 Å². The highest BCUT2D eigenvalue weighted by atomic mass is 14.9. The highest BCUT2D eigenvalue weighted by Gasteiger charge is 2.22. The van der Waals surface area contributed by atoms with Gasteiger partial charge in [0.1, 0.15) is 0 Å². The molecule has 2 bridgehead atoms. The number of rotatable bonds is 0. The van der Waals surface area contributed by atoms with Crippen molar-refractivity contribution in [3.05, 3.63) is 23.8 Å². The van der Waals surface area contributed by atoms with E-state index in [9.17, 15) is 0 Å². The van der Waals surface area contributed by atoms with Gasteiger partial charge in [0.05, 0.1) is 0 Å². The van der Waals surface area contributed by atoms with Gasteiger partial charge in [-0.15, -0.1) is 0 Å². The molecule has 3 aliphatic rings. The molecule has 0 amide bonds. The number of piperidine rings is 1. The van der Waals surface area contributed by atoms with Crippen LogP contribution in [-0.2, 0) is 0 Å². The van der Waals surface area contributed by atoms with Crippen LogP contribution in [0.5, 0.6) is 0 Å². The molecule has 0 saturated carbocycles. The molecule has 3 rings (SSSR count). The van der Waals surface area contributed by atoms with Crippen LogP contribution in [0.4, 0.5) is 0 Å². The lowest BCUT2D eigenvalue weighted by Crippen LogP contribution is -2.38. The lowest BCUT2D eigenvalue weighted by atomic mass is 9.91. The molecule has 1 saturated heterocycles. The Labute approximate surface area is 61.8 Å². The molecule has 0 radical (unpaired) electrons. The van der Waals surface area contributed by atoms with Crippen molar-refractivity contribution in [2.24, 2.45) is 5.92 Å². The molecule has 2 aliphatic heterocycles. The van der Waals surface area contributed by atoms with E-state index in [0.29, 0.717) is 6.04 Å². The maximum atomic E-state index is 3.48. The SMILES string of the molecule is C[C@H]1CC2=CC=CC1NC2. The standard InChI is InChI=1S/C9H13N/c1-7-5-8-3-2-4-9(7)10-6-8/h2-4,7,9-10H,5-6H2,1H3/t7-,9?/m0/s1. The van der Waals surface area contributed by atoms with Crippen molar-refractivity contribution in [3.8, 4) is 0 Å². The van der Waals surface area contributed by atoms with Crippen molar-refractivity contribution >= 4 is 0 Å². The largest absolute Gasteiger partial charge is 0.306 e. The third kappa shape index (κ3) is 0.907. The fraction of sp³-hybridized carbons (Fsp3) is 0.556. The summed E-state index contributed by atoms with van der Waals surface area (Å²) < 4.78 is 0. The van der Waals surface area contributed by atoms with Gasteiger partial charge in [0.15, 0.2) is 0 Å². The van der Waals surface area contributed by atoms with E-state index in [1.54, 1.807) is 5.57 Å². The lowest BCUT2D eigenvalue weighted by molar-refractivity contribution is 0.402. The second-order valence-electron chi connectivity index (χ2n) is 3.30. The Balaban J connectivity index is 2.28. The maximum Gasteiger partial charge on any atom is 0.0284 e. The van der Waals surface area contributed by atoms with Crippen LogP contribution in [0.15, 0.2) is 23.8 Å². The number of hydrogen-bond acceptors (Lipinski definition) is 1. The zero-order valence-electron chi connectivity index (χ0n) is 6.30. The Hall–Kier alpha value is -0.560. The van der Waals surface area contributed by atoms with Gasteiger partial charge >= 0.3 is 0 Å². The molecule has 10 heavy (non-hydrogen) atoms. The van der Waals surface area contributed by atoms with Crippen LogP contribution in [0.1, 0.15) is 13.3 Å². The van der Waals surface area contributed by atoms with Crippen LogP contribution in [0.25, 0.3) is 0 Å². The smallest absolute Gasteiger partial charge is 0.0284 e. The second kappa shape index (κ2) is 2.24. The minimum absolute atomic E-state index is 0.627. The first-order valence-electron chi connectivity index (χ1n) is 3.96. The summed E-state index contributed by atoms with van der Waals surface area (Å²) in [6.07, 6.45) is 7.98. The molecular weight excluding hydrogens is 122 g/mol. The van der Waals surface area contributed by atoms with Crippen LogP contribution in [0.2, 0.25) is 0 Å². The molecule has 2 heterocycles. The Morgan fingerprint density at radius 1 is 1.60 bits per heavy atom. The first-order chi connectivity index (χ1) is 4.86. The number of allylic oxidation sites excluding steroid dienone is 2. The molecule has 0 aromatic carbocycles. The summed E-state index contributed by atoms with van der Waals surface area (Å²) in [6, 6.07) is 0.627. The number of hydrogen-bond donors (Lipinski definition) is 1. The third-order valence-electron chi connectivity index (χ3n) is 2.41. The summed E-state index contributed by atoms with van der Waals surface area (Å²) in [5, 5.41) is 3.48. The van der Waals surface area contributed by atoms with Crippen molar-refractivity contribution in [2.45, 2.75) is 19.4 Å². The zero-order valence-corrected chi connectivity index (χ0v) is 6.30. The summed E-state index contributed by atoms with van der Waals surface area (Å²) in [6.45, 7) is 3.41. The van der Waals surface area contributed by atoms with Gasteiger partial charge in [-0.1, -0.05) is 30.7 Å². The highest BCUT2D eigenvalue weighted by Crippen LogP contribution is 2.23.